The third-order valence-corrected chi connectivity index (χ3v) is 9.52. The number of carbonyl (C=O) groups is 1. The van der Waals surface area contributed by atoms with Gasteiger partial charge in [-0.2, -0.15) is 0 Å². The van der Waals surface area contributed by atoms with Crippen LogP contribution in [0.4, 0.5) is 20.2 Å². The molecule has 1 aliphatic heterocycles. The van der Waals surface area contributed by atoms with Gasteiger partial charge in [-0.05, 0) is 37.3 Å². The fourth-order valence-electron chi connectivity index (χ4n) is 4.87. The molecule has 3 rings (SSSR count). The quantitative estimate of drug-likeness (QED) is 0.287. The number of hydrogen-bond donors (Lipinski definition) is 1. The fourth-order valence-corrected chi connectivity index (χ4v) is 7.54. The van der Waals surface area contributed by atoms with Crippen molar-refractivity contribution in [1.82, 2.24) is 0 Å². The second-order valence-electron chi connectivity index (χ2n) is 9.61. The first kappa shape index (κ1) is 29.2. The lowest BCUT2D eigenvalue weighted by atomic mass is 9.79. The Hall–Kier alpha value is -2.33. The first-order valence-electron chi connectivity index (χ1n) is 12.6. The molecule has 0 saturated carbocycles. The Morgan fingerprint density at radius 3 is 2.35 bits per heavy atom. The average molecular weight is 556 g/mol. The summed E-state index contributed by atoms with van der Waals surface area (Å²) in [7, 11) is -3.81. The summed E-state index contributed by atoms with van der Waals surface area (Å²) < 4.78 is 61.8. The summed E-state index contributed by atoms with van der Waals surface area (Å²) in [5.74, 6) is -2.77. The first-order chi connectivity index (χ1) is 17.6. The Bertz CT molecular complexity index is 1210. The van der Waals surface area contributed by atoms with Crippen LogP contribution in [0.1, 0.15) is 58.8 Å². The van der Waals surface area contributed by atoms with Gasteiger partial charge in [-0.3, -0.25) is 4.79 Å². The molecule has 1 aliphatic rings. The number of unbranched alkanes of at least 4 members (excludes halogenated alkanes) is 2. The molecule has 0 fully saturated rings. The molecule has 0 bridgehead atoms. The number of halogens is 2. The van der Waals surface area contributed by atoms with Crippen molar-refractivity contribution in [2.45, 2.75) is 68.6 Å². The zero-order valence-corrected chi connectivity index (χ0v) is 23.2. The molecule has 6 nitrogen and oxygen atoms in total. The third kappa shape index (κ3) is 6.96. The predicted molar refractivity (Wildman–Crippen MR) is 143 cm³/mol. The normalized spacial score (nSPS) is 16.2. The zero-order chi connectivity index (χ0) is 27.2. The number of fused-ring (bicyclic) bond motifs is 1. The maximum Gasteiger partial charge on any atom is 0.306 e. The number of aliphatic carboxylic acids is 1. The number of carboxylic acid groups (broad SMARTS) is 1. The second kappa shape index (κ2) is 12.5. The largest absolute Gasteiger partial charge is 0.492 e. The molecular formula is C27H35F2NO5S2. The third-order valence-electron chi connectivity index (χ3n) is 6.77. The molecule has 1 heterocycles. The fraction of sp³-hybridized carbons (Fsp3) is 0.519. The van der Waals surface area contributed by atoms with E-state index in [2.05, 4.69) is 13.8 Å². The number of rotatable bonds is 12. The highest BCUT2D eigenvalue weighted by Crippen LogP contribution is 2.48. The minimum atomic E-state index is -3.81. The molecule has 0 amide bonds. The molecule has 0 unspecified atom stereocenters. The molecule has 0 aliphatic carbocycles. The lowest BCUT2D eigenvalue weighted by Gasteiger charge is -2.37. The summed E-state index contributed by atoms with van der Waals surface area (Å²) in [5.41, 5.74) is 0.176. The van der Waals surface area contributed by atoms with Crippen LogP contribution in [-0.2, 0) is 14.6 Å². The van der Waals surface area contributed by atoms with Gasteiger partial charge in [-0.15, -0.1) is 11.8 Å². The highest BCUT2D eigenvalue weighted by Gasteiger charge is 2.42. The number of anilines is 2. The van der Waals surface area contributed by atoms with Gasteiger partial charge in [-0.1, -0.05) is 39.5 Å². The topological polar surface area (TPSA) is 83.9 Å². The zero-order valence-electron chi connectivity index (χ0n) is 21.6. The van der Waals surface area contributed by atoms with Gasteiger partial charge in [0.1, 0.15) is 5.75 Å². The first-order valence-corrected chi connectivity index (χ1v) is 15.5. The summed E-state index contributed by atoms with van der Waals surface area (Å²) >= 11 is 1.34. The molecule has 0 radical (unpaired) electrons. The molecule has 2 aromatic carbocycles. The van der Waals surface area contributed by atoms with Crippen molar-refractivity contribution in [3.63, 3.8) is 0 Å². The van der Waals surface area contributed by atoms with Crippen molar-refractivity contribution in [3.8, 4) is 5.75 Å². The van der Waals surface area contributed by atoms with Gasteiger partial charge < -0.3 is 14.7 Å². The molecule has 0 aromatic heterocycles. The molecule has 2 aromatic rings. The molecule has 0 saturated heterocycles. The number of nitrogens with zero attached hydrogens (tertiary/aromatic N) is 1. The monoisotopic (exact) mass is 555 g/mol. The van der Waals surface area contributed by atoms with Crippen molar-refractivity contribution in [2.75, 3.05) is 30.1 Å². The summed E-state index contributed by atoms with van der Waals surface area (Å²) in [5, 5.41) is 8.99. The van der Waals surface area contributed by atoms with E-state index in [-0.39, 0.29) is 29.4 Å². The molecule has 10 heteroatoms. The molecule has 1 N–H and O–H groups in total. The summed E-state index contributed by atoms with van der Waals surface area (Å²) in [6.07, 6.45) is 6.47. The Morgan fingerprint density at radius 1 is 1.11 bits per heavy atom. The summed E-state index contributed by atoms with van der Waals surface area (Å²) in [4.78, 5) is 13.5. The van der Waals surface area contributed by atoms with E-state index in [1.54, 1.807) is 11.0 Å². The molecular weight excluding hydrogens is 520 g/mol. The average Bonchev–Trinajstić information content (AvgIpc) is 2.94. The van der Waals surface area contributed by atoms with Gasteiger partial charge in [0.2, 0.25) is 0 Å². The van der Waals surface area contributed by atoms with Crippen molar-refractivity contribution in [3.05, 3.63) is 42.0 Å². The lowest BCUT2D eigenvalue weighted by Crippen LogP contribution is -2.38. The van der Waals surface area contributed by atoms with E-state index >= 15 is 0 Å². The summed E-state index contributed by atoms with van der Waals surface area (Å²) in [6.45, 7) is 4.36. The van der Waals surface area contributed by atoms with Crippen LogP contribution < -0.4 is 9.64 Å². The van der Waals surface area contributed by atoms with E-state index in [1.165, 1.54) is 23.9 Å². The minimum Gasteiger partial charge on any atom is -0.492 e. The Kier molecular flexibility index (Phi) is 9.86. The van der Waals surface area contributed by atoms with Crippen molar-refractivity contribution < 1.29 is 31.8 Å². The highest BCUT2D eigenvalue weighted by molar-refractivity contribution is 7.98. The maximum absolute atomic E-state index is 14.4. The van der Waals surface area contributed by atoms with Crippen LogP contribution >= 0.6 is 11.8 Å². The lowest BCUT2D eigenvalue weighted by molar-refractivity contribution is -0.137. The van der Waals surface area contributed by atoms with Gasteiger partial charge in [0.25, 0.3) is 0 Å². The van der Waals surface area contributed by atoms with Gasteiger partial charge in [0, 0.05) is 29.8 Å². The second-order valence-corrected chi connectivity index (χ2v) is 12.4. The number of sulfone groups is 1. The van der Waals surface area contributed by atoms with Crippen molar-refractivity contribution >= 4 is 38.9 Å². The SMILES string of the molecule is CCCCC1(CCCC)CN(c2ccc(F)c(F)c2)c2cc(SC)c(OCCC(=O)O)cc2S(=O)(=O)C1. The van der Waals surface area contributed by atoms with Gasteiger partial charge >= 0.3 is 5.97 Å². The highest BCUT2D eigenvalue weighted by atomic mass is 32.2. The van der Waals surface area contributed by atoms with Crippen LogP contribution in [0.15, 0.2) is 40.1 Å². The maximum atomic E-state index is 14.4. The van der Waals surface area contributed by atoms with Crippen molar-refractivity contribution in [2.24, 2.45) is 5.41 Å². The van der Waals surface area contributed by atoms with E-state index in [4.69, 9.17) is 9.84 Å². The van der Waals surface area contributed by atoms with Crippen LogP contribution in [0.5, 0.6) is 5.75 Å². The Morgan fingerprint density at radius 2 is 1.78 bits per heavy atom. The van der Waals surface area contributed by atoms with Crippen molar-refractivity contribution in [1.29, 1.82) is 0 Å². The minimum absolute atomic E-state index is 0.0511. The van der Waals surface area contributed by atoms with Gasteiger partial charge in [0.15, 0.2) is 21.5 Å². The van der Waals surface area contributed by atoms with Gasteiger partial charge in [-0.25, -0.2) is 17.2 Å². The van der Waals surface area contributed by atoms with Crippen LogP contribution in [0.25, 0.3) is 0 Å². The van der Waals surface area contributed by atoms with Crippen LogP contribution in [-0.4, -0.2) is 44.7 Å². The van der Waals surface area contributed by atoms with Gasteiger partial charge in [0.05, 0.1) is 34.3 Å². The number of benzene rings is 2. The number of ether oxygens (including phenoxy) is 1. The van der Waals surface area contributed by atoms with Crippen LogP contribution in [0.3, 0.4) is 0 Å². The van der Waals surface area contributed by atoms with E-state index in [1.807, 2.05) is 6.26 Å². The molecule has 204 valence electrons. The van der Waals surface area contributed by atoms with Crippen LogP contribution in [0.2, 0.25) is 0 Å². The van der Waals surface area contributed by atoms with E-state index < -0.39 is 32.9 Å². The Labute approximate surface area is 222 Å². The molecule has 0 spiro atoms. The predicted octanol–water partition coefficient (Wildman–Crippen LogP) is 6.83. The van der Waals surface area contributed by atoms with E-state index in [0.717, 1.165) is 37.8 Å². The molecule has 0 atom stereocenters. The standard InChI is InChI=1S/C27H35F2NO5S2/c1-4-6-11-27(12-7-5-2)17-30(19-8-9-20(28)21(29)14-19)22-15-24(36-3)23(35-13-10-26(31)32)16-25(22)37(33,34)18-27/h8-9,14-16H,4-7,10-13,17-18H2,1-3H3,(H,31,32). The Balaban J connectivity index is 2.24. The van der Waals surface area contributed by atoms with Crippen LogP contribution in [0, 0.1) is 17.0 Å². The van der Waals surface area contributed by atoms with E-state index in [0.29, 0.717) is 35.7 Å². The number of hydrogen-bond acceptors (Lipinski definition) is 6. The van der Waals surface area contributed by atoms with E-state index in [9.17, 15) is 22.0 Å². The molecule has 37 heavy (non-hydrogen) atoms. The summed E-state index contributed by atoms with van der Waals surface area (Å²) in [6, 6.07) is 6.80. The number of carboxylic acids is 1. The smallest absolute Gasteiger partial charge is 0.306 e. The number of thioether (sulfide) groups is 1.